The lowest BCUT2D eigenvalue weighted by Crippen LogP contribution is -2.46. The molecular weight excluding hydrogens is 314 g/mol. The van der Waals surface area contributed by atoms with Gasteiger partial charge in [-0.25, -0.2) is 13.2 Å². The number of piperidine rings is 1. The molecule has 3 rings (SSSR count). The number of benzene rings is 1. The van der Waals surface area contributed by atoms with E-state index in [1.165, 1.54) is 6.07 Å². The number of nitrogens with zero attached hydrogens (tertiary/aromatic N) is 1. The third-order valence-electron chi connectivity index (χ3n) is 5.42. The molecule has 2 aliphatic rings. The largest absolute Gasteiger partial charge is 0.478 e. The molecule has 1 heterocycles. The monoisotopic (exact) mass is 337 g/mol. The highest BCUT2D eigenvalue weighted by Crippen LogP contribution is 2.39. The van der Waals surface area contributed by atoms with Crippen LogP contribution in [0.2, 0.25) is 0 Å². The van der Waals surface area contributed by atoms with Crippen molar-refractivity contribution in [3.05, 3.63) is 28.8 Å². The van der Waals surface area contributed by atoms with Crippen LogP contribution in [0.15, 0.2) is 17.0 Å². The maximum atomic E-state index is 13.1. The number of carbonyl (C=O) groups is 1. The van der Waals surface area contributed by atoms with E-state index < -0.39 is 16.0 Å². The van der Waals surface area contributed by atoms with Crippen molar-refractivity contribution in [3.8, 4) is 0 Å². The standard InChI is InChI=1S/C17H23NO4S/c1-11-9-14(10-15(12(11)2)17(19)20)23(21,22)18-8-4-6-13-5-3-7-16(13)18/h9-10,13,16H,3-8H2,1-2H3,(H,19,20). The molecule has 0 amide bonds. The third kappa shape index (κ3) is 2.78. The maximum Gasteiger partial charge on any atom is 0.336 e. The molecule has 2 unspecified atom stereocenters. The second-order valence-electron chi connectivity index (χ2n) is 6.73. The molecule has 1 saturated heterocycles. The van der Waals surface area contributed by atoms with E-state index in [-0.39, 0.29) is 16.5 Å². The number of fused-ring (bicyclic) bond motifs is 1. The minimum absolute atomic E-state index is 0.0727. The van der Waals surface area contributed by atoms with Crippen molar-refractivity contribution in [3.63, 3.8) is 0 Å². The first-order valence-electron chi connectivity index (χ1n) is 8.18. The lowest BCUT2D eigenvalue weighted by Gasteiger charge is -2.36. The number of hydrogen-bond donors (Lipinski definition) is 1. The predicted molar refractivity (Wildman–Crippen MR) is 87.1 cm³/mol. The highest BCUT2D eigenvalue weighted by Gasteiger charge is 2.41. The average Bonchev–Trinajstić information content (AvgIpc) is 2.97. The molecule has 1 aromatic carbocycles. The molecular formula is C17H23NO4S. The summed E-state index contributed by atoms with van der Waals surface area (Å²) in [5, 5.41) is 9.33. The summed E-state index contributed by atoms with van der Waals surface area (Å²) in [6.07, 6.45) is 5.08. The smallest absolute Gasteiger partial charge is 0.336 e. The van der Waals surface area contributed by atoms with Gasteiger partial charge in [0.1, 0.15) is 0 Å². The zero-order valence-electron chi connectivity index (χ0n) is 13.6. The van der Waals surface area contributed by atoms with Crippen LogP contribution in [0.4, 0.5) is 0 Å². The fraction of sp³-hybridized carbons (Fsp3) is 0.588. The van der Waals surface area contributed by atoms with E-state index in [1.54, 1.807) is 24.2 Å². The summed E-state index contributed by atoms with van der Waals surface area (Å²) in [4.78, 5) is 11.5. The average molecular weight is 337 g/mol. The fourth-order valence-corrected chi connectivity index (χ4v) is 5.91. The summed E-state index contributed by atoms with van der Waals surface area (Å²) in [5.41, 5.74) is 1.39. The van der Waals surface area contributed by atoms with Gasteiger partial charge in [-0.05, 0) is 68.7 Å². The SMILES string of the molecule is Cc1cc(S(=O)(=O)N2CCCC3CCCC32)cc(C(=O)O)c1C. The number of rotatable bonds is 3. The molecule has 1 N–H and O–H groups in total. The molecule has 126 valence electrons. The second kappa shape index (κ2) is 5.91. The van der Waals surface area contributed by atoms with Crippen molar-refractivity contribution in [2.45, 2.75) is 56.9 Å². The Labute approximate surface area is 137 Å². The normalized spacial score (nSPS) is 25.3. The van der Waals surface area contributed by atoms with E-state index >= 15 is 0 Å². The van der Waals surface area contributed by atoms with E-state index in [2.05, 4.69) is 0 Å². The molecule has 23 heavy (non-hydrogen) atoms. The van der Waals surface area contributed by atoms with Gasteiger partial charge in [-0.1, -0.05) is 6.42 Å². The van der Waals surface area contributed by atoms with Crippen LogP contribution in [-0.2, 0) is 10.0 Å². The Morgan fingerprint density at radius 3 is 2.57 bits per heavy atom. The van der Waals surface area contributed by atoms with Gasteiger partial charge in [0.15, 0.2) is 0 Å². The van der Waals surface area contributed by atoms with Crippen LogP contribution >= 0.6 is 0 Å². The minimum Gasteiger partial charge on any atom is -0.478 e. The first-order valence-corrected chi connectivity index (χ1v) is 9.63. The number of aromatic carboxylic acids is 1. The number of aryl methyl sites for hydroxylation is 1. The van der Waals surface area contributed by atoms with Crippen molar-refractivity contribution >= 4 is 16.0 Å². The lowest BCUT2D eigenvalue weighted by molar-refractivity contribution is 0.0695. The van der Waals surface area contributed by atoms with Gasteiger partial charge in [0.25, 0.3) is 0 Å². The molecule has 0 radical (unpaired) electrons. The van der Waals surface area contributed by atoms with E-state index in [9.17, 15) is 18.3 Å². The molecule has 1 aliphatic heterocycles. The molecule has 5 nitrogen and oxygen atoms in total. The topological polar surface area (TPSA) is 74.7 Å². The number of sulfonamides is 1. The third-order valence-corrected chi connectivity index (χ3v) is 7.32. The fourth-order valence-electron chi connectivity index (χ4n) is 4.04. The van der Waals surface area contributed by atoms with E-state index in [0.29, 0.717) is 23.6 Å². The van der Waals surface area contributed by atoms with Crippen molar-refractivity contribution in [1.82, 2.24) is 4.31 Å². The first kappa shape index (κ1) is 16.5. The minimum atomic E-state index is -3.64. The number of hydrogen-bond acceptors (Lipinski definition) is 3. The van der Waals surface area contributed by atoms with Crippen molar-refractivity contribution in [2.75, 3.05) is 6.54 Å². The Hall–Kier alpha value is -1.40. The quantitative estimate of drug-likeness (QED) is 0.920. The summed E-state index contributed by atoms with van der Waals surface area (Å²) in [6.45, 7) is 4.01. The van der Waals surface area contributed by atoms with Crippen LogP contribution in [0.5, 0.6) is 0 Å². The molecule has 2 atom stereocenters. The van der Waals surface area contributed by atoms with Crippen molar-refractivity contribution < 1.29 is 18.3 Å². The lowest BCUT2D eigenvalue weighted by atomic mass is 9.94. The van der Waals surface area contributed by atoms with E-state index in [0.717, 1.165) is 32.1 Å². The van der Waals surface area contributed by atoms with Crippen LogP contribution < -0.4 is 0 Å². The highest BCUT2D eigenvalue weighted by atomic mass is 32.2. The van der Waals surface area contributed by atoms with Gasteiger partial charge < -0.3 is 5.11 Å². The summed E-state index contributed by atoms with van der Waals surface area (Å²) >= 11 is 0. The van der Waals surface area contributed by atoms with Crippen LogP contribution in [0, 0.1) is 19.8 Å². The number of carboxylic acid groups (broad SMARTS) is 1. The molecule has 0 aromatic heterocycles. The van der Waals surface area contributed by atoms with Gasteiger partial charge in [-0.15, -0.1) is 0 Å². The predicted octanol–water partition coefficient (Wildman–Crippen LogP) is 2.95. The van der Waals surface area contributed by atoms with Gasteiger partial charge in [0, 0.05) is 12.6 Å². The maximum absolute atomic E-state index is 13.1. The van der Waals surface area contributed by atoms with Crippen molar-refractivity contribution in [1.29, 1.82) is 0 Å². The van der Waals surface area contributed by atoms with Gasteiger partial charge in [-0.3, -0.25) is 0 Å². The van der Waals surface area contributed by atoms with Crippen LogP contribution in [-0.4, -0.2) is 36.4 Å². The Morgan fingerprint density at radius 1 is 1.17 bits per heavy atom. The van der Waals surface area contributed by atoms with Crippen LogP contribution in [0.3, 0.4) is 0 Å². The Morgan fingerprint density at radius 2 is 1.87 bits per heavy atom. The first-order chi connectivity index (χ1) is 10.8. The Kier molecular flexibility index (Phi) is 4.23. The van der Waals surface area contributed by atoms with E-state index in [1.807, 2.05) is 0 Å². The zero-order chi connectivity index (χ0) is 16.8. The molecule has 1 saturated carbocycles. The Bertz CT molecular complexity index is 741. The van der Waals surface area contributed by atoms with Gasteiger partial charge in [-0.2, -0.15) is 4.31 Å². The van der Waals surface area contributed by atoms with E-state index in [4.69, 9.17) is 0 Å². The number of carboxylic acids is 1. The zero-order valence-corrected chi connectivity index (χ0v) is 14.4. The van der Waals surface area contributed by atoms with Gasteiger partial charge in [0.05, 0.1) is 10.5 Å². The molecule has 0 bridgehead atoms. The summed E-state index contributed by atoms with van der Waals surface area (Å²) in [7, 11) is -3.64. The highest BCUT2D eigenvalue weighted by molar-refractivity contribution is 7.89. The molecule has 1 aromatic rings. The summed E-state index contributed by atoms with van der Waals surface area (Å²) in [6, 6.07) is 3.01. The van der Waals surface area contributed by atoms with Gasteiger partial charge >= 0.3 is 5.97 Å². The second-order valence-corrected chi connectivity index (χ2v) is 8.62. The van der Waals surface area contributed by atoms with Crippen LogP contribution in [0.1, 0.15) is 53.6 Å². The molecule has 2 fully saturated rings. The van der Waals surface area contributed by atoms with Crippen molar-refractivity contribution in [2.24, 2.45) is 5.92 Å². The van der Waals surface area contributed by atoms with Gasteiger partial charge in [0.2, 0.25) is 10.0 Å². The summed E-state index contributed by atoms with van der Waals surface area (Å²) < 4.78 is 27.8. The Balaban J connectivity index is 2.04. The molecule has 1 aliphatic carbocycles. The molecule has 0 spiro atoms. The summed E-state index contributed by atoms with van der Waals surface area (Å²) in [5.74, 6) is -0.621. The van der Waals surface area contributed by atoms with Crippen LogP contribution in [0.25, 0.3) is 0 Å². The molecule has 6 heteroatoms.